The van der Waals surface area contributed by atoms with Crippen LogP contribution in [0, 0.1) is 20.8 Å². The van der Waals surface area contributed by atoms with Gasteiger partial charge in [-0.2, -0.15) is 4.98 Å². The van der Waals surface area contributed by atoms with Crippen LogP contribution in [0.4, 0.5) is 0 Å². The normalized spacial score (nSPS) is 11.7. The molecule has 3 aromatic heterocycles. The fraction of sp³-hybridized carbons (Fsp3) is 0.190. The Labute approximate surface area is 168 Å². The quantitative estimate of drug-likeness (QED) is 0.485. The zero-order chi connectivity index (χ0) is 20.6. The monoisotopic (exact) mass is 409 g/mol. The summed E-state index contributed by atoms with van der Waals surface area (Å²) in [5.41, 5.74) is 3.47. The Hall–Kier alpha value is -3.26. The molecule has 0 aliphatic heterocycles. The molecule has 0 fully saturated rings. The van der Waals surface area contributed by atoms with E-state index in [4.69, 9.17) is 8.94 Å². The summed E-state index contributed by atoms with van der Waals surface area (Å²) < 4.78 is 36.7. The van der Waals surface area contributed by atoms with Gasteiger partial charge in [-0.3, -0.25) is 4.98 Å². The number of hydrogen-bond acceptors (Lipinski definition) is 7. The lowest BCUT2D eigenvalue weighted by Gasteiger charge is -2.10. The summed E-state index contributed by atoms with van der Waals surface area (Å²) in [5, 5.41) is 3.93. The fourth-order valence-corrected chi connectivity index (χ4v) is 4.64. The molecule has 148 valence electrons. The molecule has 0 spiro atoms. The van der Waals surface area contributed by atoms with E-state index in [1.807, 2.05) is 19.9 Å². The van der Waals surface area contributed by atoms with Crippen LogP contribution in [0.15, 0.2) is 62.6 Å². The molecular formula is C21H19N3O4S. The molecule has 8 heteroatoms. The van der Waals surface area contributed by atoms with Crippen LogP contribution in [0.25, 0.3) is 23.0 Å². The van der Waals surface area contributed by atoms with Gasteiger partial charge in [0.05, 0.1) is 4.90 Å². The summed E-state index contributed by atoms with van der Waals surface area (Å²) in [7, 11) is -3.56. The number of benzene rings is 1. The number of hydrogen-bond donors (Lipinski definition) is 0. The third-order valence-electron chi connectivity index (χ3n) is 4.70. The van der Waals surface area contributed by atoms with Gasteiger partial charge in [-0.15, -0.1) is 0 Å². The Kier molecular flexibility index (Phi) is 4.79. The minimum atomic E-state index is -3.56. The maximum Gasteiger partial charge on any atom is 0.293 e. The van der Waals surface area contributed by atoms with Crippen LogP contribution in [-0.4, -0.2) is 23.5 Å². The molecule has 0 N–H and O–H groups in total. The highest BCUT2D eigenvalue weighted by Crippen LogP contribution is 2.27. The Bertz CT molecular complexity index is 1270. The van der Waals surface area contributed by atoms with Gasteiger partial charge in [0, 0.05) is 18.0 Å². The number of rotatable bonds is 5. The predicted molar refractivity (Wildman–Crippen MR) is 107 cm³/mol. The van der Waals surface area contributed by atoms with E-state index in [2.05, 4.69) is 15.1 Å². The molecule has 0 atom stereocenters. The number of aromatic nitrogens is 3. The van der Waals surface area contributed by atoms with E-state index in [0.29, 0.717) is 22.2 Å². The molecule has 7 nitrogen and oxygen atoms in total. The van der Waals surface area contributed by atoms with Gasteiger partial charge in [0.15, 0.2) is 15.6 Å². The van der Waals surface area contributed by atoms with Crippen molar-refractivity contribution in [1.82, 2.24) is 15.1 Å². The van der Waals surface area contributed by atoms with Crippen molar-refractivity contribution >= 4 is 9.84 Å². The molecule has 0 radical (unpaired) electrons. The summed E-state index contributed by atoms with van der Waals surface area (Å²) in [6, 6.07) is 10.4. The average Bonchev–Trinajstić information content (AvgIpc) is 3.34. The largest absolute Gasteiger partial charge is 0.455 e. The van der Waals surface area contributed by atoms with Crippen molar-refractivity contribution in [3.63, 3.8) is 0 Å². The van der Waals surface area contributed by atoms with Crippen LogP contribution in [-0.2, 0) is 15.6 Å². The van der Waals surface area contributed by atoms with Crippen LogP contribution in [0.2, 0.25) is 0 Å². The van der Waals surface area contributed by atoms with Crippen molar-refractivity contribution in [2.24, 2.45) is 0 Å². The van der Waals surface area contributed by atoms with E-state index in [9.17, 15) is 8.42 Å². The Morgan fingerprint density at radius 3 is 2.41 bits per heavy atom. The second-order valence-electron chi connectivity index (χ2n) is 6.89. The molecule has 0 aliphatic rings. The first kappa shape index (κ1) is 19.1. The highest BCUT2D eigenvalue weighted by Gasteiger charge is 2.22. The zero-order valence-electron chi connectivity index (χ0n) is 16.2. The first-order chi connectivity index (χ1) is 13.8. The Morgan fingerprint density at radius 2 is 1.66 bits per heavy atom. The summed E-state index contributed by atoms with van der Waals surface area (Å²) in [6.07, 6.45) is 3.27. The average molecular weight is 409 g/mol. The van der Waals surface area contributed by atoms with Gasteiger partial charge in [0.2, 0.25) is 5.82 Å². The van der Waals surface area contributed by atoms with Gasteiger partial charge in [-0.1, -0.05) is 11.2 Å². The molecule has 1 aromatic carbocycles. The summed E-state index contributed by atoms with van der Waals surface area (Å²) in [4.78, 5) is 8.57. The molecule has 0 saturated carbocycles. The van der Waals surface area contributed by atoms with E-state index in [0.717, 1.165) is 22.3 Å². The van der Waals surface area contributed by atoms with Crippen LogP contribution < -0.4 is 0 Å². The van der Waals surface area contributed by atoms with Crippen molar-refractivity contribution in [2.45, 2.75) is 31.4 Å². The predicted octanol–water partition coefficient (Wildman–Crippen LogP) is 4.29. The van der Waals surface area contributed by atoms with Crippen LogP contribution in [0.5, 0.6) is 0 Å². The summed E-state index contributed by atoms with van der Waals surface area (Å²) in [6.45, 7) is 5.66. The van der Waals surface area contributed by atoms with Crippen molar-refractivity contribution < 1.29 is 17.4 Å². The summed E-state index contributed by atoms with van der Waals surface area (Å²) >= 11 is 0. The fourth-order valence-electron chi connectivity index (χ4n) is 3.05. The van der Waals surface area contributed by atoms with Gasteiger partial charge in [0.1, 0.15) is 11.5 Å². The lowest BCUT2D eigenvalue weighted by molar-refractivity contribution is 0.413. The van der Waals surface area contributed by atoms with E-state index in [-0.39, 0.29) is 11.6 Å². The first-order valence-electron chi connectivity index (χ1n) is 8.97. The number of pyridine rings is 1. The Morgan fingerprint density at radius 1 is 0.931 bits per heavy atom. The highest BCUT2D eigenvalue weighted by atomic mass is 32.2. The maximum atomic E-state index is 12.9. The first-order valence-corrected chi connectivity index (χ1v) is 10.6. The van der Waals surface area contributed by atoms with Gasteiger partial charge >= 0.3 is 0 Å². The maximum absolute atomic E-state index is 12.9. The lowest BCUT2D eigenvalue weighted by Crippen LogP contribution is -2.07. The third-order valence-corrected chi connectivity index (χ3v) is 6.47. The molecule has 4 rings (SSSR count). The second kappa shape index (κ2) is 7.29. The molecule has 0 amide bonds. The second-order valence-corrected chi connectivity index (χ2v) is 8.84. The SMILES string of the molecule is Cc1cc(C)c(S(=O)(=O)Cc2ccc(-c3nc(-c4ccncc4)no3)o2)cc1C. The van der Waals surface area contributed by atoms with Crippen molar-refractivity contribution in [3.05, 3.63) is 71.2 Å². The van der Waals surface area contributed by atoms with Gasteiger partial charge in [-0.25, -0.2) is 8.42 Å². The van der Waals surface area contributed by atoms with E-state index in [1.165, 1.54) is 0 Å². The molecular weight excluding hydrogens is 390 g/mol. The van der Waals surface area contributed by atoms with Gasteiger partial charge in [-0.05, 0) is 67.8 Å². The number of furan rings is 1. The van der Waals surface area contributed by atoms with Crippen molar-refractivity contribution in [1.29, 1.82) is 0 Å². The molecule has 3 heterocycles. The van der Waals surface area contributed by atoms with Crippen LogP contribution in [0.3, 0.4) is 0 Å². The minimum absolute atomic E-state index is 0.183. The van der Waals surface area contributed by atoms with Crippen LogP contribution in [0.1, 0.15) is 22.5 Å². The number of nitrogens with zero attached hydrogens (tertiary/aromatic N) is 3. The third kappa shape index (κ3) is 3.84. The van der Waals surface area contributed by atoms with Crippen molar-refractivity contribution in [2.75, 3.05) is 0 Å². The molecule has 0 unspecified atom stereocenters. The molecule has 0 aliphatic carbocycles. The smallest absolute Gasteiger partial charge is 0.293 e. The minimum Gasteiger partial charge on any atom is -0.455 e. The molecule has 29 heavy (non-hydrogen) atoms. The molecule has 4 aromatic rings. The molecule has 0 bridgehead atoms. The number of aryl methyl sites for hydroxylation is 3. The van der Waals surface area contributed by atoms with Gasteiger partial charge in [0.25, 0.3) is 5.89 Å². The number of sulfone groups is 1. The lowest BCUT2D eigenvalue weighted by atomic mass is 10.1. The van der Waals surface area contributed by atoms with E-state index in [1.54, 1.807) is 49.6 Å². The topological polar surface area (TPSA) is 99.1 Å². The van der Waals surface area contributed by atoms with Crippen molar-refractivity contribution in [3.8, 4) is 23.0 Å². The standard InChI is InChI=1S/C21H19N3O4S/c1-13-10-15(3)19(11-14(13)2)29(25,26)12-17-4-5-18(27-17)21-23-20(24-28-21)16-6-8-22-9-7-16/h4-11H,12H2,1-3H3. The van der Waals surface area contributed by atoms with Crippen LogP contribution >= 0.6 is 0 Å². The summed E-state index contributed by atoms with van der Waals surface area (Å²) in [5.74, 6) is 0.962. The van der Waals surface area contributed by atoms with E-state index >= 15 is 0 Å². The zero-order valence-corrected chi connectivity index (χ0v) is 17.0. The highest BCUT2D eigenvalue weighted by molar-refractivity contribution is 7.90. The van der Waals surface area contributed by atoms with Gasteiger partial charge < -0.3 is 8.94 Å². The molecule has 0 saturated heterocycles. The Balaban J connectivity index is 1.59. The van der Waals surface area contributed by atoms with E-state index < -0.39 is 9.84 Å².